The lowest BCUT2D eigenvalue weighted by Crippen LogP contribution is -2.46. The molecule has 1 saturated heterocycles. The number of benzene rings is 2. The van der Waals surface area contributed by atoms with Crippen molar-refractivity contribution >= 4 is 11.8 Å². The van der Waals surface area contributed by atoms with Crippen LogP contribution in [0.25, 0.3) is 0 Å². The normalized spacial score (nSPS) is 19.3. The number of nitrogens with one attached hydrogen (secondary N) is 1. The molecule has 1 N–H and O–H groups in total. The third-order valence-electron chi connectivity index (χ3n) is 5.49. The van der Waals surface area contributed by atoms with Gasteiger partial charge in [0.15, 0.2) is 5.78 Å². The first-order chi connectivity index (χ1) is 13.1. The van der Waals surface area contributed by atoms with Crippen LogP contribution in [0.1, 0.15) is 40.4 Å². The number of nitrogens with zero attached hydrogens (tertiary/aromatic N) is 1. The summed E-state index contributed by atoms with van der Waals surface area (Å²) in [6.45, 7) is 3.68. The van der Waals surface area contributed by atoms with Crippen LogP contribution in [0.3, 0.4) is 0 Å². The van der Waals surface area contributed by atoms with Crippen molar-refractivity contribution in [3.05, 3.63) is 65.2 Å². The van der Waals surface area contributed by atoms with Crippen LogP contribution in [0.5, 0.6) is 5.75 Å². The number of aryl methyl sites for hydroxylation is 1. The number of carbonyl (C=O) groups is 2. The monoisotopic (exact) mass is 364 g/mol. The van der Waals surface area contributed by atoms with Crippen LogP contribution in [-0.2, 0) is 0 Å². The van der Waals surface area contributed by atoms with Gasteiger partial charge < -0.3 is 15.0 Å². The van der Waals surface area contributed by atoms with Crippen LogP contribution in [0.2, 0.25) is 0 Å². The Morgan fingerprint density at radius 1 is 1.04 bits per heavy atom. The van der Waals surface area contributed by atoms with E-state index in [9.17, 15) is 9.59 Å². The molecule has 2 aromatic carbocycles. The predicted molar refractivity (Wildman–Crippen MR) is 103 cm³/mol. The average Bonchev–Trinajstić information content (AvgIpc) is 3.11. The van der Waals surface area contributed by atoms with Crippen LogP contribution >= 0.6 is 0 Å². The van der Waals surface area contributed by atoms with Crippen molar-refractivity contribution in [2.45, 2.75) is 25.8 Å². The molecule has 2 aromatic rings. The van der Waals surface area contributed by atoms with E-state index in [1.165, 1.54) is 0 Å². The number of fused-ring (bicyclic) bond motifs is 1. The maximum absolute atomic E-state index is 12.7. The smallest absolute Gasteiger partial charge is 0.318 e. The molecule has 0 aliphatic carbocycles. The van der Waals surface area contributed by atoms with Gasteiger partial charge in [0.1, 0.15) is 12.4 Å². The topological polar surface area (TPSA) is 58.6 Å². The zero-order valence-corrected chi connectivity index (χ0v) is 15.5. The molecule has 27 heavy (non-hydrogen) atoms. The van der Waals surface area contributed by atoms with E-state index >= 15 is 0 Å². The molecule has 0 unspecified atom stereocenters. The molecule has 0 saturated carbocycles. The van der Waals surface area contributed by atoms with E-state index in [4.69, 9.17) is 4.74 Å². The number of carbonyl (C=O) groups excluding carboxylic acids is 2. The highest BCUT2D eigenvalue weighted by Crippen LogP contribution is 2.32. The standard InChI is InChI=1S/C22H24N2O3/c1-15-6-8-16(9-7-15)21(25)17-10-12-24(13-11-17)22(26)23-19-14-27-20-5-3-2-4-18(19)20/h2-9,17,19H,10-14H2,1H3,(H,23,26)/t19-/m1/s1. The zero-order valence-electron chi connectivity index (χ0n) is 15.5. The second-order valence-corrected chi connectivity index (χ2v) is 7.34. The van der Waals surface area contributed by atoms with Gasteiger partial charge >= 0.3 is 6.03 Å². The molecule has 2 aliphatic rings. The molecule has 0 bridgehead atoms. The molecular formula is C22H24N2O3. The van der Waals surface area contributed by atoms with Gasteiger partial charge in [0.05, 0.1) is 6.04 Å². The summed E-state index contributed by atoms with van der Waals surface area (Å²) >= 11 is 0. The second-order valence-electron chi connectivity index (χ2n) is 7.34. The molecule has 2 aliphatic heterocycles. The Morgan fingerprint density at radius 2 is 1.74 bits per heavy atom. The van der Waals surface area contributed by atoms with Gasteiger partial charge in [0.25, 0.3) is 0 Å². The lowest BCUT2D eigenvalue weighted by Gasteiger charge is -2.32. The summed E-state index contributed by atoms with van der Waals surface area (Å²) in [6, 6.07) is 15.3. The number of hydrogen-bond acceptors (Lipinski definition) is 3. The summed E-state index contributed by atoms with van der Waals surface area (Å²) in [5, 5.41) is 3.06. The van der Waals surface area contributed by atoms with E-state index in [0.717, 1.165) is 22.4 Å². The molecule has 2 amide bonds. The van der Waals surface area contributed by atoms with Crippen LogP contribution in [0.4, 0.5) is 4.79 Å². The molecule has 140 valence electrons. The Kier molecular flexibility index (Phi) is 4.84. The molecule has 1 atom stereocenters. The number of piperidine rings is 1. The first-order valence-electron chi connectivity index (χ1n) is 9.50. The number of rotatable bonds is 3. The maximum Gasteiger partial charge on any atom is 0.318 e. The van der Waals surface area contributed by atoms with Gasteiger partial charge in [-0.3, -0.25) is 4.79 Å². The molecule has 5 heteroatoms. The van der Waals surface area contributed by atoms with Gasteiger partial charge in [-0.25, -0.2) is 4.79 Å². The Bertz CT molecular complexity index is 839. The summed E-state index contributed by atoms with van der Waals surface area (Å²) < 4.78 is 5.63. The SMILES string of the molecule is Cc1ccc(C(=O)C2CCN(C(=O)N[C@@H]3COc4ccccc43)CC2)cc1. The van der Waals surface area contributed by atoms with E-state index < -0.39 is 0 Å². The number of amides is 2. The number of Topliss-reactive ketones (excluding diaryl/α,β-unsaturated/α-hetero) is 1. The Balaban J connectivity index is 1.32. The van der Waals surface area contributed by atoms with E-state index in [1.54, 1.807) is 4.90 Å². The van der Waals surface area contributed by atoms with Crippen LogP contribution < -0.4 is 10.1 Å². The van der Waals surface area contributed by atoms with Gasteiger partial charge in [0, 0.05) is 30.1 Å². The van der Waals surface area contributed by atoms with E-state index in [-0.39, 0.29) is 23.8 Å². The zero-order chi connectivity index (χ0) is 18.8. The molecule has 5 nitrogen and oxygen atoms in total. The van der Waals surface area contributed by atoms with Crippen LogP contribution in [-0.4, -0.2) is 36.4 Å². The summed E-state index contributed by atoms with van der Waals surface area (Å²) in [4.78, 5) is 27.1. The van der Waals surface area contributed by atoms with Crippen molar-refractivity contribution in [3.8, 4) is 5.75 Å². The molecule has 0 radical (unpaired) electrons. The summed E-state index contributed by atoms with van der Waals surface area (Å²) in [6.07, 6.45) is 1.41. The largest absolute Gasteiger partial charge is 0.491 e. The summed E-state index contributed by atoms with van der Waals surface area (Å²) in [7, 11) is 0. The highest BCUT2D eigenvalue weighted by atomic mass is 16.5. The quantitative estimate of drug-likeness (QED) is 0.844. The predicted octanol–water partition coefficient (Wildman–Crippen LogP) is 3.73. The highest BCUT2D eigenvalue weighted by Gasteiger charge is 2.31. The van der Waals surface area contributed by atoms with Crippen molar-refractivity contribution in [2.24, 2.45) is 5.92 Å². The first-order valence-corrected chi connectivity index (χ1v) is 9.50. The highest BCUT2D eigenvalue weighted by molar-refractivity contribution is 5.98. The lowest BCUT2D eigenvalue weighted by atomic mass is 9.89. The number of ether oxygens (including phenoxy) is 1. The van der Waals surface area contributed by atoms with Gasteiger partial charge in [-0.15, -0.1) is 0 Å². The molecule has 4 rings (SSSR count). The number of likely N-dealkylation sites (tertiary alicyclic amines) is 1. The van der Waals surface area contributed by atoms with Gasteiger partial charge in [0.2, 0.25) is 0 Å². The Hall–Kier alpha value is -2.82. The van der Waals surface area contributed by atoms with E-state index in [2.05, 4.69) is 5.32 Å². The first kappa shape index (κ1) is 17.6. The maximum atomic E-state index is 12.7. The van der Waals surface area contributed by atoms with Crippen LogP contribution in [0.15, 0.2) is 48.5 Å². The minimum Gasteiger partial charge on any atom is -0.491 e. The molecule has 1 fully saturated rings. The minimum atomic E-state index is -0.111. The molecule has 0 spiro atoms. The third-order valence-corrected chi connectivity index (χ3v) is 5.49. The minimum absolute atomic E-state index is 0.00713. The lowest BCUT2D eigenvalue weighted by molar-refractivity contribution is 0.0853. The molecule has 2 heterocycles. The number of urea groups is 1. The fraction of sp³-hybridized carbons (Fsp3) is 0.364. The Morgan fingerprint density at radius 3 is 2.48 bits per heavy atom. The van der Waals surface area contributed by atoms with Crippen molar-refractivity contribution < 1.29 is 14.3 Å². The van der Waals surface area contributed by atoms with Crippen molar-refractivity contribution in [3.63, 3.8) is 0 Å². The number of ketones is 1. The number of para-hydroxylation sites is 1. The number of hydrogen-bond donors (Lipinski definition) is 1. The summed E-state index contributed by atoms with van der Waals surface area (Å²) in [5.74, 6) is 1.02. The van der Waals surface area contributed by atoms with Gasteiger partial charge in [-0.05, 0) is 25.8 Å². The fourth-order valence-corrected chi connectivity index (χ4v) is 3.82. The van der Waals surface area contributed by atoms with Crippen molar-refractivity contribution in [1.82, 2.24) is 10.2 Å². The van der Waals surface area contributed by atoms with Crippen molar-refractivity contribution in [2.75, 3.05) is 19.7 Å². The summed E-state index contributed by atoms with van der Waals surface area (Å²) in [5.41, 5.74) is 2.94. The Labute approximate surface area is 159 Å². The second kappa shape index (κ2) is 7.43. The van der Waals surface area contributed by atoms with Crippen molar-refractivity contribution in [1.29, 1.82) is 0 Å². The van der Waals surface area contributed by atoms with Gasteiger partial charge in [-0.1, -0.05) is 48.0 Å². The molecular weight excluding hydrogens is 340 g/mol. The molecule has 0 aromatic heterocycles. The van der Waals surface area contributed by atoms with E-state index in [1.807, 2.05) is 55.5 Å². The van der Waals surface area contributed by atoms with Gasteiger partial charge in [-0.2, -0.15) is 0 Å². The third kappa shape index (κ3) is 3.68. The van der Waals surface area contributed by atoms with Crippen LogP contribution in [0, 0.1) is 12.8 Å². The average molecular weight is 364 g/mol. The van der Waals surface area contributed by atoms with E-state index in [0.29, 0.717) is 32.5 Å². The fourth-order valence-electron chi connectivity index (χ4n) is 3.82.